The molecule has 4 rings (SSSR count). The smallest absolute Gasteiger partial charge is 0.254 e. The van der Waals surface area contributed by atoms with Crippen molar-refractivity contribution in [1.29, 1.82) is 0 Å². The number of carbonyl (C=O) groups is 1. The van der Waals surface area contributed by atoms with E-state index in [4.69, 9.17) is 9.72 Å². The number of benzene rings is 1. The van der Waals surface area contributed by atoms with Gasteiger partial charge in [-0.1, -0.05) is 39.0 Å². The fraction of sp³-hybridized carbons (Fsp3) is 0.364. The quantitative estimate of drug-likeness (QED) is 0.696. The Morgan fingerprint density at radius 1 is 1.04 bits per heavy atom. The van der Waals surface area contributed by atoms with E-state index in [1.807, 2.05) is 53.6 Å². The van der Waals surface area contributed by atoms with Crippen molar-refractivity contribution in [1.82, 2.24) is 14.3 Å². The van der Waals surface area contributed by atoms with Crippen LogP contribution < -0.4 is 0 Å². The van der Waals surface area contributed by atoms with Crippen molar-refractivity contribution >= 4 is 11.6 Å². The number of hydrogen-bond acceptors (Lipinski definition) is 3. The zero-order valence-corrected chi connectivity index (χ0v) is 16.1. The molecule has 0 radical (unpaired) electrons. The van der Waals surface area contributed by atoms with Gasteiger partial charge in [0.1, 0.15) is 5.65 Å². The number of fused-ring (bicyclic) bond motifs is 1. The molecule has 3 aromatic rings. The number of aromatic nitrogens is 2. The normalized spacial score (nSPS) is 15.3. The molecule has 0 bridgehead atoms. The second-order valence-corrected chi connectivity index (χ2v) is 7.97. The van der Waals surface area contributed by atoms with E-state index in [1.165, 1.54) is 0 Å². The Balaban J connectivity index is 1.73. The van der Waals surface area contributed by atoms with Gasteiger partial charge in [0.2, 0.25) is 0 Å². The van der Waals surface area contributed by atoms with Crippen molar-refractivity contribution in [3.05, 3.63) is 59.9 Å². The molecule has 27 heavy (non-hydrogen) atoms. The summed E-state index contributed by atoms with van der Waals surface area (Å²) in [6.07, 6.45) is 2.04. The van der Waals surface area contributed by atoms with Crippen LogP contribution in [0.5, 0.6) is 0 Å². The summed E-state index contributed by atoms with van der Waals surface area (Å²) in [5.41, 5.74) is 4.78. The van der Waals surface area contributed by atoms with Crippen LogP contribution in [0.1, 0.15) is 36.8 Å². The molecule has 1 aromatic carbocycles. The second kappa shape index (κ2) is 6.82. The van der Waals surface area contributed by atoms with Gasteiger partial charge in [0, 0.05) is 35.8 Å². The first-order valence-corrected chi connectivity index (χ1v) is 9.40. The van der Waals surface area contributed by atoms with Gasteiger partial charge in [0.25, 0.3) is 5.91 Å². The Morgan fingerprint density at radius 2 is 1.74 bits per heavy atom. The minimum Gasteiger partial charge on any atom is -0.378 e. The predicted molar refractivity (Wildman–Crippen MR) is 106 cm³/mol. The maximum Gasteiger partial charge on any atom is 0.254 e. The zero-order chi connectivity index (χ0) is 19.0. The summed E-state index contributed by atoms with van der Waals surface area (Å²) in [6.45, 7) is 9.06. The first-order valence-electron chi connectivity index (χ1n) is 9.40. The number of hydrogen-bond donors (Lipinski definition) is 0. The lowest BCUT2D eigenvalue weighted by atomic mass is 9.89. The van der Waals surface area contributed by atoms with Crippen molar-refractivity contribution < 1.29 is 9.53 Å². The molecule has 1 fully saturated rings. The predicted octanol–water partition coefficient (Wildman–Crippen LogP) is 3.77. The van der Waals surface area contributed by atoms with Gasteiger partial charge < -0.3 is 9.64 Å². The molecule has 0 unspecified atom stereocenters. The van der Waals surface area contributed by atoms with Gasteiger partial charge in [0.05, 0.1) is 24.6 Å². The number of rotatable bonds is 2. The van der Waals surface area contributed by atoms with E-state index >= 15 is 0 Å². The lowest BCUT2D eigenvalue weighted by Crippen LogP contribution is -2.40. The van der Waals surface area contributed by atoms with Gasteiger partial charge in [-0.05, 0) is 24.3 Å². The zero-order valence-electron chi connectivity index (χ0n) is 16.1. The van der Waals surface area contributed by atoms with Gasteiger partial charge in [-0.3, -0.25) is 9.20 Å². The second-order valence-electron chi connectivity index (χ2n) is 7.97. The van der Waals surface area contributed by atoms with Crippen LogP contribution >= 0.6 is 0 Å². The maximum atomic E-state index is 12.7. The molecule has 1 saturated heterocycles. The summed E-state index contributed by atoms with van der Waals surface area (Å²) in [5.74, 6) is 0.0686. The number of carbonyl (C=O) groups excluding carboxylic acids is 1. The Morgan fingerprint density at radius 3 is 2.41 bits per heavy atom. The fourth-order valence-corrected chi connectivity index (χ4v) is 3.51. The van der Waals surface area contributed by atoms with Crippen molar-refractivity contribution in [2.24, 2.45) is 0 Å². The molecule has 140 valence electrons. The van der Waals surface area contributed by atoms with E-state index in [2.05, 4.69) is 25.2 Å². The van der Waals surface area contributed by atoms with Crippen LogP contribution in [0, 0.1) is 0 Å². The van der Waals surface area contributed by atoms with Crippen LogP contribution in [0.15, 0.2) is 48.7 Å². The van der Waals surface area contributed by atoms with Crippen LogP contribution in [0.2, 0.25) is 0 Å². The van der Waals surface area contributed by atoms with Crippen LogP contribution in [0.3, 0.4) is 0 Å². The number of ether oxygens (including phenoxy) is 1. The van der Waals surface area contributed by atoms with Crippen LogP contribution in [0.4, 0.5) is 0 Å². The average molecular weight is 363 g/mol. The summed E-state index contributed by atoms with van der Waals surface area (Å²) in [6, 6.07) is 13.9. The monoisotopic (exact) mass is 363 g/mol. The third kappa shape index (κ3) is 3.35. The van der Waals surface area contributed by atoms with E-state index in [9.17, 15) is 4.79 Å². The first-order chi connectivity index (χ1) is 12.9. The molecular weight excluding hydrogens is 338 g/mol. The van der Waals surface area contributed by atoms with Gasteiger partial charge in [0.15, 0.2) is 0 Å². The highest BCUT2D eigenvalue weighted by atomic mass is 16.5. The molecule has 0 saturated carbocycles. The largest absolute Gasteiger partial charge is 0.378 e. The molecule has 3 heterocycles. The molecule has 2 aromatic heterocycles. The van der Waals surface area contributed by atoms with Crippen molar-refractivity contribution in [3.63, 3.8) is 0 Å². The van der Waals surface area contributed by atoms with Gasteiger partial charge in [-0.25, -0.2) is 4.98 Å². The van der Waals surface area contributed by atoms with Crippen LogP contribution in [-0.2, 0) is 10.2 Å². The molecule has 1 aliphatic heterocycles. The highest BCUT2D eigenvalue weighted by Gasteiger charge is 2.25. The minimum atomic E-state index is -0.0797. The molecule has 0 aliphatic carbocycles. The summed E-state index contributed by atoms with van der Waals surface area (Å²) in [7, 11) is 0. The van der Waals surface area contributed by atoms with Crippen molar-refractivity contribution in [3.8, 4) is 11.3 Å². The molecule has 5 nitrogen and oxygen atoms in total. The summed E-state index contributed by atoms with van der Waals surface area (Å²) in [4.78, 5) is 19.4. The fourth-order valence-electron chi connectivity index (χ4n) is 3.51. The summed E-state index contributed by atoms with van der Waals surface area (Å²) >= 11 is 0. The van der Waals surface area contributed by atoms with Crippen molar-refractivity contribution in [2.45, 2.75) is 26.2 Å². The highest BCUT2D eigenvalue weighted by molar-refractivity contribution is 5.94. The van der Waals surface area contributed by atoms with E-state index in [0.29, 0.717) is 31.9 Å². The van der Waals surface area contributed by atoms with Gasteiger partial charge in [-0.15, -0.1) is 0 Å². The topological polar surface area (TPSA) is 46.8 Å². The number of pyridine rings is 1. The first kappa shape index (κ1) is 17.7. The molecule has 1 aliphatic rings. The Hall–Kier alpha value is -2.66. The Bertz CT molecular complexity index is 961. The molecule has 0 N–H and O–H groups in total. The number of nitrogens with zero attached hydrogens (tertiary/aromatic N) is 3. The van der Waals surface area contributed by atoms with Gasteiger partial charge >= 0.3 is 0 Å². The Kier molecular flexibility index (Phi) is 4.48. The summed E-state index contributed by atoms with van der Waals surface area (Å²) < 4.78 is 7.46. The number of imidazole rings is 1. The Labute approximate surface area is 159 Å². The highest BCUT2D eigenvalue weighted by Crippen LogP contribution is 2.33. The van der Waals surface area contributed by atoms with E-state index in [0.717, 1.165) is 22.6 Å². The molecule has 0 spiro atoms. The summed E-state index contributed by atoms with van der Waals surface area (Å²) in [5, 5.41) is 0. The lowest BCUT2D eigenvalue weighted by molar-refractivity contribution is 0.0303. The van der Waals surface area contributed by atoms with E-state index < -0.39 is 0 Å². The third-order valence-electron chi connectivity index (χ3n) is 4.94. The van der Waals surface area contributed by atoms with Crippen LogP contribution in [0.25, 0.3) is 16.9 Å². The number of morpholine rings is 1. The SMILES string of the molecule is CC(C)(C)c1nc2ccccn2c1-c1ccc(C(=O)N2CCOCC2)cc1. The van der Waals surface area contributed by atoms with Gasteiger partial charge in [-0.2, -0.15) is 0 Å². The molecule has 5 heteroatoms. The van der Waals surface area contributed by atoms with Crippen molar-refractivity contribution in [2.75, 3.05) is 26.3 Å². The minimum absolute atomic E-state index is 0.0686. The average Bonchev–Trinajstić information content (AvgIpc) is 3.08. The van der Waals surface area contributed by atoms with Crippen LogP contribution in [-0.4, -0.2) is 46.5 Å². The molecule has 1 amide bonds. The third-order valence-corrected chi connectivity index (χ3v) is 4.94. The standard InChI is InChI=1S/C22H25N3O2/c1-22(2,3)20-19(25-11-5-4-6-18(25)23-20)16-7-9-17(10-8-16)21(26)24-12-14-27-15-13-24/h4-11H,12-15H2,1-3H3. The lowest BCUT2D eigenvalue weighted by Gasteiger charge is -2.27. The number of amides is 1. The van der Waals surface area contributed by atoms with E-state index in [1.54, 1.807) is 0 Å². The molecular formula is C22H25N3O2. The maximum absolute atomic E-state index is 12.7. The van der Waals surface area contributed by atoms with E-state index in [-0.39, 0.29) is 11.3 Å². The molecule has 0 atom stereocenters.